The highest BCUT2D eigenvalue weighted by Gasteiger charge is 2.14. The van der Waals surface area contributed by atoms with Gasteiger partial charge in [0.25, 0.3) is 0 Å². The lowest BCUT2D eigenvalue weighted by Crippen LogP contribution is -2.22. The molecule has 0 spiro atoms. The summed E-state index contributed by atoms with van der Waals surface area (Å²) >= 11 is 7.13. The van der Waals surface area contributed by atoms with Crippen molar-refractivity contribution in [3.05, 3.63) is 51.2 Å². The zero-order valence-electron chi connectivity index (χ0n) is 10.8. The molecule has 1 heterocycles. The van der Waals surface area contributed by atoms with Crippen LogP contribution < -0.4 is 4.72 Å². The lowest BCUT2D eigenvalue weighted by atomic mass is 10.2. The number of rotatable bonds is 4. The Kier molecular flexibility index (Phi) is 5.39. The Balaban J connectivity index is 2.15. The second-order valence-corrected chi connectivity index (χ2v) is 7.58. The van der Waals surface area contributed by atoms with E-state index in [0.717, 1.165) is 4.88 Å². The van der Waals surface area contributed by atoms with Crippen molar-refractivity contribution >= 4 is 33.0 Å². The zero-order valence-corrected chi connectivity index (χ0v) is 13.2. The van der Waals surface area contributed by atoms with Gasteiger partial charge in [0.2, 0.25) is 10.0 Å². The summed E-state index contributed by atoms with van der Waals surface area (Å²) in [5.74, 6) is 5.16. The first-order valence-corrected chi connectivity index (χ1v) is 8.63. The predicted octanol–water partition coefficient (Wildman–Crippen LogP) is 2.22. The van der Waals surface area contributed by atoms with Crippen LogP contribution in [0.5, 0.6) is 0 Å². The van der Waals surface area contributed by atoms with Crippen LogP contribution in [0.4, 0.5) is 0 Å². The number of nitrogens with one attached hydrogen (secondary N) is 1. The number of thiophene rings is 1. The molecule has 0 atom stereocenters. The van der Waals surface area contributed by atoms with Crippen molar-refractivity contribution in [2.45, 2.75) is 11.4 Å². The molecule has 2 N–H and O–H groups in total. The molecule has 4 nitrogen and oxygen atoms in total. The molecular weight excluding hydrogens is 330 g/mol. The summed E-state index contributed by atoms with van der Waals surface area (Å²) in [6.45, 7) is -0.0827. The van der Waals surface area contributed by atoms with E-state index in [1.165, 1.54) is 23.5 Å². The van der Waals surface area contributed by atoms with Crippen molar-refractivity contribution in [2.75, 3.05) is 6.61 Å². The molecule has 0 bridgehead atoms. The standard InChI is InChI=1S/C14H12ClNO3S2/c15-14-7-6-12(20-14)10-16-21(18,19)13-5-1-3-11(9-13)4-2-8-17/h1,3,5-7,9,16-17H,8,10H2. The molecule has 0 fully saturated rings. The first-order chi connectivity index (χ1) is 10.0. The van der Waals surface area contributed by atoms with Crippen LogP contribution in [0.2, 0.25) is 4.34 Å². The predicted molar refractivity (Wildman–Crippen MR) is 83.8 cm³/mol. The van der Waals surface area contributed by atoms with Crippen LogP contribution in [0.25, 0.3) is 0 Å². The van der Waals surface area contributed by atoms with Crippen LogP contribution >= 0.6 is 22.9 Å². The third-order valence-corrected chi connectivity index (χ3v) is 5.15. The minimum atomic E-state index is -3.61. The molecule has 0 amide bonds. The van der Waals surface area contributed by atoms with Gasteiger partial charge in [0, 0.05) is 17.0 Å². The largest absolute Gasteiger partial charge is 0.384 e. The maximum Gasteiger partial charge on any atom is 0.240 e. The molecule has 0 saturated carbocycles. The molecule has 21 heavy (non-hydrogen) atoms. The molecular formula is C14H12ClNO3S2. The molecule has 0 aliphatic rings. The Morgan fingerprint density at radius 1 is 1.29 bits per heavy atom. The summed E-state index contributed by atoms with van der Waals surface area (Å²) < 4.78 is 27.5. The van der Waals surface area contributed by atoms with Crippen molar-refractivity contribution in [1.82, 2.24) is 4.72 Å². The Bertz CT molecular complexity index is 788. The Morgan fingerprint density at radius 3 is 2.76 bits per heavy atom. The van der Waals surface area contributed by atoms with Crippen LogP contribution in [0.3, 0.4) is 0 Å². The molecule has 0 radical (unpaired) electrons. The second kappa shape index (κ2) is 7.07. The number of halogens is 1. The van der Waals surface area contributed by atoms with E-state index < -0.39 is 10.0 Å². The molecule has 0 unspecified atom stereocenters. The molecule has 0 saturated heterocycles. The monoisotopic (exact) mass is 341 g/mol. The van der Waals surface area contributed by atoms with E-state index in [0.29, 0.717) is 9.90 Å². The molecule has 1 aromatic heterocycles. The maximum absolute atomic E-state index is 12.2. The van der Waals surface area contributed by atoms with Crippen molar-refractivity contribution in [3.8, 4) is 11.8 Å². The summed E-state index contributed by atoms with van der Waals surface area (Å²) in [6, 6.07) is 9.75. The third-order valence-electron chi connectivity index (χ3n) is 2.52. The molecule has 7 heteroatoms. The van der Waals surface area contributed by atoms with Crippen LogP contribution in [-0.4, -0.2) is 20.1 Å². The van der Waals surface area contributed by atoms with E-state index in [1.807, 2.05) is 0 Å². The average Bonchev–Trinajstić information content (AvgIpc) is 2.89. The van der Waals surface area contributed by atoms with Crippen molar-refractivity contribution < 1.29 is 13.5 Å². The van der Waals surface area contributed by atoms with Gasteiger partial charge in [0.1, 0.15) is 6.61 Å². The average molecular weight is 342 g/mol. The lowest BCUT2D eigenvalue weighted by Gasteiger charge is -2.06. The van der Waals surface area contributed by atoms with Gasteiger partial charge < -0.3 is 5.11 Å². The van der Waals surface area contributed by atoms with Gasteiger partial charge in [-0.3, -0.25) is 0 Å². The fourth-order valence-electron chi connectivity index (χ4n) is 1.58. The van der Waals surface area contributed by atoms with E-state index in [1.54, 1.807) is 24.3 Å². The van der Waals surface area contributed by atoms with Crippen LogP contribution in [0, 0.1) is 11.8 Å². The van der Waals surface area contributed by atoms with Crippen molar-refractivity contribution in [1.29, 1.82) is 0 Å². The summed E-state index contributed by atoms with van der Waals surface area (Å²) in [4.78, 5) is 0.967. The molecule has 0 aliphatic carbocycles. The quantitative estimate of drug-likeness (QED) is 0.838. The van der Waals surface area contributed by atoms with Crippen LogP contribution in [0.15, 0.2) is 41.3 Å². The van der Waals surface area contributed by atoms with E-state index in [4.69, 9.17) is 16.7 Å². The Morgan fingerprint density at radius 2 is 2.10 bits per heavy atom. The molecule has 2 rings (SSSR count). The topological polar surface area (TPSA) is 66.4 Å². The normalized spacial score (nSPS) is 11.0. The number of hydrogen-bond acceptors (Lipinski definition) is 4. The fourth-order valence-corrected chi connectivity index (χ4v) is 3.75. The number of aliphatic hydroxyl groups is 1. The van der Waals surface area contributed by atoms with E-state index in [2.05, 4.69) is 16.6 Å². The van der Waals surface area contributed by atoms with E-state index in [-0.39, 0.29) is 18.0 Å². The van der Waals surface area contributed by atoms with Crippen LogP contribution in [-0.2, 0) is 16.6 Å². The molecule has 110 valence electrons. The molecule has 1 aromatic carbocycles. The Hall–Kier alpha value is -1.36. The van der Waals surface area contributed by atoms with E-state index >= 15 is 0 Å². The van der Waals surface area contributed by atoms with Crippen molar-refractivity contribution in [3.63, 3.8) is 0 Å². The molecule has 2 aromatic rings. The van der Waals surface area contributed by atoms with Gasteiger partial charge in [0.05, 0.1) is 9.23 Å². The van der Waals surface area contributed by atoms with Gasteiger partial charge in [-0.25, -0.2) is 13.1 Å². The first-order valence-electron chi connectivity index (χ1n) is 5.95. The van der Waals surface area contributed by atoms with Gasteiger partial charge in [0.15, 0.2) is 0 Å². The number of sulfonamides is 1. The van der Waals surface area contributed by atoms with Gasteiger partial charge in [-0.15, -0.1) is 11.3 Å². The summed E-state index contributed by atoms with van der Waals surface area (Å²) in [6.07, 6.45) is 0. The smallest absolute Gasteiger partial charge is 0.240 e. The minimum Gasteiger partial charge on any atom is -0.384 e. The maximum atomic E-state index is 12.2. The highest BCUT2D eigenvalue weighted by Crippen LogP contribution is 2.21. The van der Waals surface area contributed by atoms with Gasteiger partial charge >= 0.3 is 0 Å². The SMILES string of the molecule is O=S(=O)(NCc1ccc(Cl)s1)c1cccc(C#CCO)c1. The van der Waals surface area contributed by atoms with Crippen molar-refractivity contribution in [2.24, 2.45) is 0 Å². The summed E-state index contributed by atoms with van der Waals surface area (Å²) in [7, 11) is -3.61. The molecule has 0 aliphatic heterocycles. The zero-order chi connectivity index (χ0) is 15.3. The number of hydrogen-bond donors (Lipinski definition) is 2. The van der Waals surface area contributed by atoms with Gasteiger partial charge in [-0.05, 0) is 30.3 Å². The second-order valence-electron chi connectivity index (χ2n) is 4.02. The summed E-state index contributed by atoms with van der Waals surface area (Å²) in [5, 5.41) is 8.66. The highest BCUT2D eigenvalue weighted by molar-refractivity contribution is 7.89. The van der Waals surface area contributed by atoms with Gasteiger partial charge in [-0.1, -0.05) is 29.5 Å². The summed E-state index contributed by atoms with van der Waals surface area (Å²) in [5.41, 5.74) is 0.533. The van der Waals surface area contributed by atoms with Gasteiger partial charge in [-0.2, -0.15) is 0 Å². The third kappa shape index (κ3) is 4.56. The fraction of sp³-hybridized carbons (Fsp3) is 0.143. The lowest BCUT2D eigenvalue weighted by molar-refractivity contribution is 0.350. The number of benzene rings is 1. The van der Waals surface area contributed by atoms with Crippen LogP contribution in [0.1, 0.15) is 10.4 Å². The Labute approximate surface area is 132 Å². The first kappa shape index (κ1) is 16.0. The minimum absolute atomic E-state index is 0.134. The number of aliphatic hydroxyl groups excluding tert-OH is 1. The highest BCUT2D eigenvalue weighted by atomic mass is 35.5. The van der Waals surface area contributed by atoms with E-state index in [9.17, 15) is 8.42 Å².